The molecule has 4 rings (SSSR count). The Hall–Kier alpha value is -3.00. The van der Waals surface area contributed by atoms with Crippen LogP contribution in [-0.2, 0) is 6.42 Å². The molecular weight excluding hydrogens is 344 g/mol. The highest BCUT2D eigenvalue weighted by molar-refractivity contribution is 5.58. The third-order valence-corrected chi connectivity index (χ3v) is 4.63. The van der Waals surface area contributed by atoms with Crippen LogP contribution < -0.4 is 9.64 Å². The molecule has 0 radical (unpaired) electrons. The van der Waals surface area contributed by atoms with Crippen LogP contribution in [0.3, 0.4) is 0 Å². The smallest absolute Gasteiger partial charge is 0.233 e. The molecule has 0 aromatic carbocycles. The third kappa shape index (κ3) is 4.06. The summed E-state index contributed by atoms with van der Waals surface area (Å²) in [5.74, 6) is 1.55. The van der Waals surface area contributed by atoms with E-state index in [1.807, 2.05) is 24.3 Å². The molecule has 0 N–H and O–H groups in total. The molecule has 0 saturated carbocycles. The van der Waals surface area contributed by atoms with Crippen LogP contribution >= 0.6 is 0 Å². The number of hydrogen-bond donors (Lipinski definition) is 0. The van der Waals surface area contributed by atoms with Gasteiger partial charge in [-0.1, -0.05) is 11.2 Å². The van der Waals surface area contributed by atoms with E-state index in [-0.39, 0.29) is 0 Å². The van der Waals surface area contributed by atoms with Crippen LogP contribution in [0, 0.1) is 0 Å². The van der Waals surface area contributed by atoms with E-state index in [0.29, 0.717) is 29.7 Å². The largest absolute Gasteiger partial charge is 0.481 e. The molecule has 0 bridgehead atoms. The number of methoxy groups -OCH3 is 1. The molecule has 1 saturated heterocycles. The average Bonchev–Trinajstić information content (AvgIpc) is 3.17. The Morgan fingerprint density at radius 1 is 1.11 bits per heavy atom. The van der Waals surface area contributed by atoms with Crippen LogP contribution in [0.15, 0.2) is 41.1 Å². The first-order chi connectivity index (χ1) is 13.2. The van der Waals surface area contributed by atoms with E-state index in [9.17, 15) is 0 Å². The monoisotopic (exact) mass is 366 g/mol. The molecule has 1 aliphatic heterocycles. The Bertz CT molecular complexity index is 904. The lowest BCUT2D eigenvalue weighted by Crippen LogP contribution is -2.44. The molecule has 0 spiro atoms. The first-order valence-electron chi connectivity index (χ1n) is 8.94. The van der Waals surface area contributed by atoms with E-state index in [1.54, 1.807) is 19.4 Å². The van der Waals surface area contributed by atoms with E-state index in [2.05, 4.69) is 37.0 Å². The van der Waals surface area contributed by atoms with Crippen molar-refractivity contribution < 1.29 is 9.26 Å². The molecule has 4 heterocycles. The quantitative estimate of drug-likeness (QED) is 0.677. The summed E-state index contributed by atoms with van der Waals surface area (Å²) in [4.78, 5) is 17.9. The minimum absolute atomic E-state index is 0.447. The number of pyridine rings is 2. The van der Waals surface area contributed by atoms with Gasteiger partial charge in [-0.15, -0.1) is 0 Å². The number of aromatic nitrogens is 4. The molecule has 8 nitrogen and oxygen atoms in total. The summed E-state index contributed by atoms with van der Waals surface area (Å²) in [6, 6.07) is 9.63. The van der Waals surface area contributed by atoms with Crippen molar-refractivity contribution in [2.75, 3.05) is 45.2 Å². The van der Waals surface area contributed by atoms with Crippen molar-refractivity contribution in [3.8, 4) is 17.4 Å². The highest BCUT2D eigenvalue weighted by Gasteiger charge is 2.17. The van der Waals surface area contributed by atoms with E-state index >= 15 is 0 Å². The van der Waals surface area contributed by atoms with Gasteiger partial charge in [0.2, 0.25) is 17.6 Å². The van der Waals surface area contributed by atoms with Gasteiger partial charge < -0.3 is 19.1 Å². The summed E-state index contributed by atoms with van der Waals surface area (Å²) in [7, 11) is 3.74. The zero-order valence-electron chi connectivity index (χ0n) is 15.5. The topological polar surface area (TPSA) is 80.4 Å². The van der Waals surface area contributed by atoms with Crippen molar-refractivity contribution in [2.24, 2.45) is 0 Å². The van der Waals surface area contributed by atoms with Gasteiger partial charge in [0.25, 0.3) is 0 Å². The molecule has 3 aromatic heterocycles. The predicted molar refractivity (Wildman–Crippen MR) is 101 cm³/mol. The van der Waals surface area contributed by atoms with Crippen molar-refractivity contribution in [1.82, 2.24) is 25.0 Å². The number of hydrogen-bond acceptors (Lipinski definition) is 8. The fourth-order valence-corrected chi connectivity index (χ4v) is 3.06. The fourth-order valence-electron chi connectivity index (χ4n) is 3.06. The summed E-state index contributed by atoms with van der Waals surface area (Å²) < 4.78 is 10.5. The average molecular weight is 366 g/mol. The van der Waals surface area contributed by atoms with Gasteiger partial charge in [-0.3, -0.25) is 4.98 Å². The van der Waals surface area contributed by atoms with Crippen LogP contribution in [0.4, 0.5) is 5.69 Å². The number of rotatable bonds is 5. The highest BCUT2D eigenvalue weighted by Crippen LogP contribution is 2.22. The Kier molecular flexibility index (Phi) is 4.97. The van der Waals surface area contributed by atoms with Crippen molar-refractivity contribution in [2.45, 2.75) is 6.42 Å². The first-order valence-corrected chi connectivity index (χ1v) is 8.94. The number of piperazine rings is 1. The molecular formula is C19H22N6O2. The van der Waals surface area contributed by atoms with Crippen molar-refractivity contribution in [3.05, 3.63) is 48.1 Å². The van der Waals surface area contributed by atoms with E-state index in [4.69, 9.17) is 9.26 Å². The summed E-state index contributed by atoms with van der Waals surface area (Å²) in [5, 5.41) is 4.09. The Balaban J connectivity index is 1.50. The minimum atomic E-state index is 0.447. The van der Waals surface area contributed by atoms with Crippen LogP contribution in [0.2, 0.25) is 0 Å². The Labute approximate surface area is 157 Å². The molecule has 27 heavy (non-hydrogen) atoms. The van der Waals surface area contributed by atoms with Crippen LogP contribution in [0.5, 0.6) is 5.88 Å². The lowest BCUT2D eigenvalue weighted by molar-refractivity contribution is 0.313. The van der Waals surface area contributed by atoms with Crippen molar-refractivity contribution >= 4 is 5.69 Å². The number of anilines is 1. The van der Waals surface area contributed by atoms with Crippen LogP contribution in [-0.4, -0.2) is 65.3 Å². The molecule has 1 fully saturated rings. The number of ether oxygens (including phenoxy) is 1. The second-order valence-electron chi connectivity index (χ2n) is 6.55. The Morgan fingerprint density at radius 2 is 1.96 bits per heavy atom. The van der Waals surface area contributed by atoms with E-state index in [1.165, 1.54) is 0 Å². The van der Waals surface area contributed by atoms with Crippen molar-refractivity contribution in [1.29, 1.82) is 0 Å². The zero-order chi connectivity index (χ0) is 18.6. The summed E-state index contributed by atoms with van der Waals surface area (Å²) in [5.41, 5.74) is 2.65. The maximum absolute atomic E-state index is 5.39. The molecule has 0 amide bonds. The van der Waals surface area contributed by atoms with Crippen LogP contribution in [0.1, 0.15) is 11.6 Å². The lowest BCUT2D eigenvalue weighted by Gasteiger charge is -2.34. The molecule has 0 aliphatic carbocycles. The molecule has 8 heteroatoms. The summed E-state index contributed by atoms with van der Waals surface area (Å²) in [6.45, 7) is 4.10. The normalized spacial score (nSPS) is 15.1. The molecule has 140 valence electrons. The molecule has 1 aliphatic rings. The Morgan fingerprint density at radius 3 is 2.78 bits per heavy atom. The van der Waals surface area contributed by atoms with Gasteiger partial charge in [-0.2, -0.15) is 4.98 Å². The van der Waals surface area contributed by atoms with Gasteiger partial charge in [0, 0.05) is 44.1 Å². The second kappa shape index (κ2) is 7.71. The first kappa shape index (κ1) is 17.4. The number of likely N-dealkylation sites (N-methyl/N-ethyl adjacent to an activating group) is 1. The standard InChI is InChI=1S/C19H22N6O2/c1-24-8-10-25(11-9-24)15-6-7-20-16(13-15)19-22-18(27-23-19)12-14-4-3-5-17(21-14)26-2/h3-7,13H,8-12H2,1-2H3. The summed E-state index contributed by atoms with van der Waals surface area (Å²) >= 11 is 0. The fraction of sp³-hybridized carbons (Fsp3) is 0.368. The zero-order valence-corrected chi connectivity index (χ0v) is 15.5. The molecule has 3 aromatic rings. The third-order valence-electron chi connectivity index (χ3n) is 4.63. The van der Waals surface area contributed by atoms with Gasteiger partial charge in [0.15, 0.2) is 0 Å². The predicted octanol–water partition coefficient (Wildman–Crippen LogP) is 1.88. The van der Waals surface area contributed by atoms with Gasteiger partial charge in [-0.25, -0.2) is 4.98 Å². The maximum Gasteiger partial charge on any atom is 0.233 e. The second-order valence-corrected chi connectivity index (χ2v) is 6.55. The number of nitrogens with zero attached hydrogens (tertiary/aromatic N) is 6. The van der Waals surface area contributed by atoms with Gasteiger partial charge in [0.1, 0.15) is 5.69 Å². The minimum Gasteiger partial charge on any atom is -0.481 e. The van der Waals surface area contributed by atoms with Gasteiger partial charge in [0.05, 0.1) is 19.2 Å². The SMILES string of the molecule is COc1cccc(Cc2nc(-c3cc(N4CCN(C)CC4)ccn3)no2)n1. The highest BCUT2D eigenvalue weighted by atomic mass is 16.5. The van der Waals surface area contributed by atoms with Gasteiger partial charge >= 0.3 is 0 Å². The van der Waals surface area contributed by atoms with Gasteiger partial charge in [-0.05, 0) is 25.2 Å². The van der Waals surface area contributed by atoms with Crippen LogP contribution in [0.25, 0.3) is 11.5 Å². The molecule has 0 unspecified atom stereocenters. The maximum atomic E-state index is 5.39. The van der Waals surface area contributed by atoms with E-state index < -0.39 is 0 Å². The lowest BCUT2D eigenvalue weighted by atomic mass is 10.2. The van der Waals surface area contributed by atoms with Crippen molar-refractivity contribution in [3.63, 3.8) is 0 Å². The summed E-state index contributed by atoms with van der Waals surface area (Å²) in [6.07, 6.45) is 2.24. The van der Waals surface area contributed by atoms with E-state index in [0.717, 1.165) is 37.6 Å². The molecule has 0 atom stereocenters.